The van der Waals surface area contributed by atoms with E-state index in [4.69, 9.17) is 14.9 Å². The number of nitrogens with zero attached hydrogens (tertiary/aromatic N) is 2. The molecular formula is C14H26N2O5. The van der Waals surface area contributed by atoms with Crippen LogP contribution < -0.4 is 0 Å². The molecule has 21 heavy (non-hydrogen) atoms. The molecule has 1 saturated heterocycles. The lowest BCUT2D eigenvalue weighted by Gasteiger charge is -2.40. The fraction of sp³-hybridized carbons (Fsp3) is 0.857. The Morgan fingerprint density at radius 3 is 2.29 bits per heavy atom. The molecule has 0 aromatic heterocycles. The van der Waals surface area contributed by atoms with Gasteiger partial charge in [0.25, 0.3) is 0 Å². The van der Waals surface area contributed by atoms with Crippen LogP contribution in [0.2, 0.25) is 0 Å². The number of carbonyl (C=O) groups excluding carboxylic acids is 1. The molecule has 7 nitrogen and oxygen atoms in total. The summed E-state index contributed by atoms with van der Waals surface area (Å²) in [6, 6.07) is -0.245. The number of carbonyl (C=O) groups is 2. The van der Waals surface area contributed by atoms with E-state index in [9.17, 15) is 9.59 Å². The standard InChI is InChI=1S/C14H26N2O5/c1-14(2,3)16(10-12(18)19)13(20)15-6-4-11(5-7-15)21-9-8-17/h11,17H,4-10H2,1-3H3,(H,18,19). The summed E-state index contributed by atoms with van der Waals surface area (Å²) in [6.45, 7) is 6.56. The number of ether oxygens (including phenoxy) is 1. The van der Waals surface area contributed by atoms with Crippen molar-refractivity contribution in [3.05, 3.63) is 0 Å². The number of likely N-dealkylation sites (tertiary alicyclic amines) is 1. The van der Waals surface area contributed by atoms with Crippen molar-refractivity contribution in [1.29, 1.82) is 0 Å². The SMILES string of the molecule is CC(C)(C)N(CC(=O)O)C(=O)N1CCC(OCCO)CC1. The van der Waals surface area contributed by atoms with E-state index in [0.717, 1.165) is 0 Å². The topological polar surface area (TPSA) is 90.3 Å². The second kappa shape index (κ2) is 7.61. The van der Waals surface area contributed by atoms with E-state index in [0.29, 0.717) is 32.5 Å². The van der Waals surface area contributed by atoms with E-state index in [1.54, 1.807) is 4.90 Å². The Morgan fingerprint density at radius 1 is 1.29 bits per heavy atom. The second-order valence-corrected chi connectivity index (χ2v) is 6.21. The molecule has 2 N–H and O–H groups in total. The molecule has 0 aliphatic carbocycles. The average molecular weight is 302 g/mol. The highest BCUT2D eigenvalue weighted by Crippen LogP contribution is 2.20. The number of aliphatic carboxylic acids is 1. The smallest absolute Gasteiger partial charge is 0.323 e. The number of amides is 2. The van der Waals surface area contributed by atoms with Gasteiger partial charge in [0.15, 0.2) is 0 Å². The molecule has 0 aromatic rings. The lowest BCUT2D eigenvalue weighted by molar-refractivity contribution is -0.138. The van der Waals surface area contributed by atoms with Gasteiger partial charge in [-0.25, -0.2) is 4.79 Å². The van der Waals surface area contributed by atoms with E-state index in [-0.39, 0.29) is 25.3 Å². The molecular weight excluding hydrogens is 276 g/mol. The molecule has 0 radical (unpaired) electrons. The summed E-state index contributed by atoms with van der Waals surface area (Å²) in [5.74, 6) is -1.01. The van der Waals surface area contributed by atoms with Crippen molar-refractivity contribution in [3.63, 3.8) is 0 Å². The minimum absolute atomic E-state index is 0.00441. The average Bonchev–Trinajstić information content (AvgIpc) is 2.41. The zero-order chi connectivity index (χ0) is 16.0. The Hall–Kier alpha value is -1.34. The van der Waals surface area contributed by atoms with Crippen LogP contribution in [0.1, 0.15) is 33.6 Å². The Balaban J connectivity index is 2.59. The fourth-order valence-electron chi connectivity index (χ4n) is 2.33. The first kappa shape index (κ1) is 17.7. The summed E-state index contributed by atoms with van der Waals surface area (Å²) in [5.41, 5.74) is -0.542. The van der Waals surface area contributed by atoms with Crippen LogP contribution in [0.15, 0.2) is 0 Å². The summed E-state index contributed by atoms with van der Waals surface area (Å²) in [6.07, 6.45) is 1.47. The molecule has 0 bridgehead atoms. The first-order chi connectivity index (χ1) is 9.75. The molecule has 1 heterocycles. The van der Waals surface area contributed by atoms with Crippen LogP contribution in [-0.2, 0) is 9.53 Å². The van der Waals surface area contributed by atoms with Crippen LogP contribution in [-0.4, -0.2) is 76.5 Å². The molecule has 0 spiro atoms. The van der Waals surface area contributed by atoms with Crippen LogP contribution in [0.5, 0.6) is 0 Å². The van der Waals surface area contributed by atoms with Gasteiger partial charge in [-0.05, 0) is 33.6 Å². The Kier molecular flexibility index (Phi) is 6.42. The molecule has 122 valence electrons. The predicted octanol–water partition coefficient (Wildman–Crippen LogP) is 0.765. The van der Waals surface area contributed by atoms with Gasteiger partial charge in [0.1, 0.15) is 6.54 Å². The molecule has 1 aliphatic rings. The Labute approximate surface area is 125 Å². The van der Waals surface area contributed by atoms with Gasteiger partial charge in [-0.2, -0.15) is 0 Å². The van der Waals surface area contributed by atoms with Crippen LogP contribution in [0, 0.1) is 0 Å². The van der Waals surface area contributed by atoms with Crippen molar-refractivity contribution < 1.29 is 24.5 Å². The van der Waals surface area contributed by atoms with Crippen molar-refractivity contribution in [3.8, 4) is 0 Å². The summed E-state index contributed by atoms with van der Waals surface area (Å²) in [7, 11) is 0. The third-order valence-electron chi connectivity index (χ3n) is 3.49. The lowest BCUT2D eigenvalue weighted by Crippen LogP contribution is -2.55. The molecule has 0 atom stereocenters. The molecule has 0 saturated carbocycles. The number of aliphatic hydroxyl groups excluding tert-OH is 1. The van der Waals surface area contributed by atoms with Gasteiger partial charge in [-0.3, -0.25) is 4.79 Å². The fourth-order valence-corrected chi connectivity index (χ4v) is 2.33. The van der Waals surface area contributed by atoms with Crippen LogP contribution >= 0.6 is 0 Å². The van der Waals surface area contributed by atoms with E-state index < -0.39 is 11.5 Å². The summed E-state index contributed by atoms with van der Waals surface area (Å²) in [5, 5.41) is 17.7. The quantitative estimate of drug-likeness (QED) is 0.782. The van der Waals surface area contributed by atoms with Gasteiger partial charge in [0, 0.05) is 18.6 Å². The zero-order valence-electron chi connectivity index (χ0n) is 13.0. The summed E-state index contributed by atoms with van der Waals surface area (Å²) in [4.78, 5) is 26.5. The van der Waals surface area contributed by atoms with Crippen molar-refractivity contribution in [1.82, 2.24) is 9.80 Å². The maximum absolute atomic E-state index is 12.5. The maximum Gasteiger partial charge on any atom is 0.323 e. The van der Waals surface area contributed by atoms with E-state index in [1.807, 2.05) is 20.8 Å². The first-order valence-corrected chi connectivity index (χ1v) is 7.26. The zero-order valence-corrected chi connectivity index (χ0v) is 13.0. The molecule has 1 rings (SSSR count). The maximum atomic E-state index is 12.5. The van der Waals surface area contributed by atoms with Gasteiger partial charge in [0.2, 0.25) is 0 Å². The first-order valence-electron chi connectivity index (χ1n) is 7.26. The van der Waals surface area contributed by atoms with Gasteiger partial charge >= 0.3 is 12.0 Å². The van der Waals surface area contributed by atoms with Gasteiger partial charge in [-0.1, -0.05) is 0 Å². The van der Waals surface area contributed by atoms with Crippen molar-refractivity contribution in [2.24, 2.45) is 0 Å². The highest BCUT2D eigenvalue weighted by Gasteiger charge is 2.33. The number of carboxylic acids is 1. The Morgan fingerprint density at radius 2 is 1.86 bits per heavy atom. The van der Waals surface area contributed by atoms with E-state index >= 15 is 0 Å². The van der Waals surface area contributed by atoms with Gasteiger partial charge in [0.05, 0.1) is 19.3 Å². The van der Waals surface area contributed by atoms with E-state index in [2.05, 4.69) is 0 Å². The minimum Gasteiger partial charge on any atom is -0.480 e. The number of aliphatic hydroxyl groups is 1. The molecule has 2 amide bonds. The lowest BCUT2D eigenvalue weighted by atomic mass is 10.1. The number of piperidine rings is 1. The highest BCUT2D eigenvalue weighted by molar-refractivity contribution is 5.81. The summed E-state index contributed by atoms with van der Waals surface area (Å²) >= 11 is 0. The van der Waals surface area contributed by atoms with Gasteiger partial charge < -0.3 is 24.7 Å². The molecule has 1 aliphatic heterocycles. The van der Waals surface area contributed by atoms with E-state index in [1.165, 1.54) is 4.90 Å². The molecule has 0 aromatic carbocycles. The third-order valence-corrected chi connectivity index (χ3v) is 3.49. The number of rotatable bonds is 5. The largest absolute Gasteiger partial charge is 0.480 e. The van der Waals surface area contributed by atoms with Crippen molar-refractivity contribution >= 4 is 12.0 Å². The highest BCUT2D eigenvalue weighted by atomic mass is 16.5. The monoisotopic (exact) mass is 302 g/mol. The van der Waals surface area contributed by atoms with Crippen molar-refractivity contribution in [2.45, 2.75) is 45.3 Å². The Bertz CT molecular complexity index is 359. The minimum atomic E-state index is -1.01. The predicted molar refractivity (Wildman–Crippen MR) is 77.1 cm³/mol. The van der Waals surface area contributed by atoms with Crippen LogP contribution in [0.3, 0.4) is 0 Å². The molecule has 0 unspecified atom stereocenters. The van der Waals surface area contributed by atoms with Gasteiger partial charge in [-0.15, -0.1) is 0 Å². The van der Waals surface area contributed by atoms with Crippen molar-refractivity contribution in [2.75, 3.05) is 32.8 Å². The number of hydrogen-bond acceptors (Lipinski definition) is 4. The number of carboxylic acid groups (broad SMARTS) is 1. The number of hydrogen-bond donors (Lipinski definition) is 2. The second-order valence-electron chi connectivity index (χ2n) is 6.21. The molecule has 1 fully saturated rings. The number of urea groups is 1. The van der Waals surface area contributed by atoms with Crippen LogP contribution in [0.4, 0.5) is 4.79 Å². The third kappa shape index (κ3) is 5.51. The normalized spacial score (nSPS) is 16.9. The molecule has 7 heteroatoms. The summed E-state index contributed by atoms with van der Waals surface area (Å²) < 4.78 is 5.46. The van der Waals surface area contributed by atoms with Crippen LogP contribution in [0.25, 0.3) is 0 Å².